The minimum absolute atomic E-state index is 0. The van der Waals surface area contributed by atoms with Gasteiger partial charge < -0.3 is 24.0 Å². The van der Waals surface area contributed by atoms with Crippen LogP contribution in [-0.4, -0.2) is 0 Å². The molecular formula is C16H16ClF3IN. The van der Waals surface area contributed by atoms with Crippen LogP contribution in [0.15, 0.2) is 36.7 Å². The van der Waals surface area contributed by atoms with E-state index in [-0.39, 0.29) is 24.0 Å². The van der Waals surface area contributed by atoms with Crippen molar-refractivity contribution in [3.05, 3.63) is 52.8 Å². The average Bonchev–Trinajstić information content (AvgIpc) is 2.47. The third-order valence-electron chi connectivity index (χ3n) is 3.38. The van der Waals surface area contributed by atoms with Gasteiger partial charge in [0, 0.05) is 5.56 Å². The van der Waals surface area contributed by atoms with Gasteiger partial charge in [-0.3, -0.25) is 0 Å². The molecule has 0 aliphatic heterocycles. The van der Waals surface area contributed by atoms with E-state index in [9.17, 15) is 13.2 Å². The number of nitrogens with zero attached hydrogens (tertiary/aromatic N) is 1. The molecule has 0 aliphatic carbocycles. The summed E-state index contributed by atoms with van der Waals surface area (Å²) in [5.74, 6) is 0. The SMILES string of the molecule is CCc1c[n+](CC)cc(-c2cccc(C(F)(F)F)c2)c1Cl.[I-]. The van der Waals surface area contributed by atoms with Gasteiger partial charge in [-0.1, -0.05) is 30.7 Å². The fourth-order valence-electron chi connectivity index (χ4n) is 2.18. The smallest absolute Gasteiger partial charge is 0.416 e. The summed E-state index contributed by atoms with van der Waals surface area (Å²) >= 11 is 6.34. The lowest BCUT2D eigenvalue weighted by atomic mass is 10.0. The Morgan fingerprint density at radius 3 is 2.36 bits per heavy atom. The normalized spacial score (nSPS) is 11.2. The van der Waals surface area contributed by atoms with Gasteiger partial charge in [0.15, 0.2) is 12.4 Å². The maximum atomic E-state index is 12.8. The Morgan fingerprint density at radius 2 is 1.82 bits per heavy atom. The molecule has 0 fully saturated rings. The molecule has 0 aliphatic rings. The van der Waals surface area contributed by atoms with E-state index in [1.807, 2.05) is 24.6 Å². The van der Waals surface area contributed by atoms with Crippen LogP contribution in [0.3, 0.4) is 0 Å². The molecule has 0 unspecified atom stereocenters. The highest BCUT2D eigenvalue weighted by molar-refractivity contribution is 6.34. The van der Waals surface area contributed by atoms with Crippen LogP contribution in [0.1, 0.15) is 25.0 Å². The maximum Gasteiger partial charge on any atom is 0.416 e. The predicted molar refractivity (Wildman–Crippen MR) is 77.1 cm³/mol. The number of alkyl halides is 3. The van der Waals surface area contributed by atoms with Crippen LogP contribution in [0.25, 0.3) is 11.1 Å². The Morgan fingerprint density at radius 1 is 1.14 bits per heavy atom. The molecule has 2 rings (SSSR count). The second-order valence-electron chi connectivity index (χ2n) is 4.77. The zero-order valence-electron chi connectivity index (χ0n) is 12.2. The molecule has 0 N–H and O–H groups in total. The van der Waals surface area contributed by atoms with Crippen molar-refractivity contribution in [1.29, 1.82) is 0 Å². The molecule has 22 heavy (non-hydrogen) atoms. The van der Waals surface area contributed by atoms with Gasteiger partial charge >= 0.3 is 6.18 Å². The minimum Gasteiger partial charge on any atom is -1.00 e. The van der Waals surface area contributed by atoms with Gasteiger partial charge in [0.2, 0.25) is 0 Å². The number of hydrogen-bond donors (Lipinski definition) is 0. The summed E-state index contributed by atoms with van der Waals surface area (Å²) in [6.07, 6.45) is 0.0909. The Labute approximate surface area is 150 Å². The Hall–Kier alpha value is -0.820. The first-order valence-electron chi connectivity index (χ1n) is 6.76. The number of aryl methyl sites for hydroxylation is 2. The van der Waals surface area contributed by atoms with E-state index in [4.69, 9.17) is 11.6 Å². The molecule has 0 saturated carbocycles. The summed E-state index contributed by atoms with van der Waals surface area (Å²) < 4.78 is 40.4. The fourth-order valence-corrected chi connectivity index (χ4v) is 2.52. The molecule has 0 radical (unpaired) electrons. The molecule has 6 heteroatoms. The molecular weight excluding hydrogens is 426 g/mol. The minimum atomic E-state index is -4.36. The van der Waals surface area contributed by atoms with Crippen LogP contribution in [0, 0.1) is 0 Å². The lowest BCUT2D eigenvalue weighted by Crippen LogP contribution is -3.00. The monoisotopic (exact) mass is 441 g/mol. The number of benzene rings is 1. The summed E-state index contributed by atoms with van der Waals surface area (Å²) in [4.78, 5) is 0. The first-order chi connectivity index (χ1) is 9.86. The third-order valence-corrected chi connectivity index (χ3v) is 3.83. The third kappa shape index (κ3) is 4.13. The summed E-state index contributed by atoms with van der Waals surface area (Å²) in [7, 11) is 0. The van der Waals surface area contributed by atoms with Gasteiger partial charge in [-0.15, -0.1) is 0 Å². The van der Waals surface area contributed by atoms with Crippen LogP contribution in [0.5, 0.6) is 0 Å². The molecule has 0 spiro atoms. The van der Waals surface area contributed by atoms with E-state index in [1.165, 1.54) is 6.07 Å². The molecule has 0 atom stereocenters. The van der Waals surface area contributed by atoms with Crippen LogP contribution in [-0.2, 0) is 19.1 Å². The molecule has 1 aromatic carbocycles. The summed E-state index contributed by atoms with van der Waals surface area (Å²) in [6, 6.07) is 5.26. The van der Waals surface area contributed by atoms with E-state index < -0.39 is 11.7 Å². The zero-order valence-corrected chi connectivity index (χ0v) is 15.1. The van der Waals surface area contributed by atoms with Gasteiger partial charge in [-0.05, 0) is 31.0 Å². The van der Waals surface area contributed by atoms with Crippen LogP contribution in [0.4, 0.5) is 13.2 Å². The van der Waals surface area contributed by atoms with Crippen molar-refractivity contribution in [3.8, 4) is 11.1 Å². The Bertz CT molecular complexity index is 656. The zero-order chi connectivity index (χ0) is 15.6. The molecule has 1 heterocycles. The molecule has 120 valence electrons. The molecule has 0 saturated heterocycles. The van der Waals surface area contributed by atoms with Crippen molar-refractivity contribution in [1.82, 2.24) is 0 Å². The largest absolute Gasteiger partial charge is 1.00 e. The second kappa shape index (κ2) is 7.64. The highest BCUT2D eigenvalue weighted by atomic mass is 127. The molecule has 1 nitrogen and oxygen atoms in total. The summed E-state index contributed by atoms with van der Waals surface area (Å²) in [5, 5.41) is 0.515. The maximum absolute atomic E-state index is 12.8. The van der Waals surface area contributed by atoms with Gasteiger partial charge in [-0.25, -0.2) is 4.57 Å². The first kappa shape index (κ1) is 19.2. The lowest BCUT2D eigenvalue weighted by molar-refractivity contribution is -0.693. The van der Waals surface area contributed by atoms with E-state index in [2.05, 4.69) is 0 Å². The highest BCUT2D eigenvalue weighted by Gasteiger charge is 2.30. The van der Waals surface area contributed by atoms with Gasteiger partial charge in [0.1, 0.15) is 6.54 Å². The van der Waals surface area contributed by atoms with Crippen LogP contribution in [0.2, 0.25) is 5.02 Å². The Kier molecular flexibility index (Phi) is 6.67. The van der Waals surface area contributed by atoms with Crippen molar-refractivity contribution in [2.75, 3.05) is 0 Å². The van der Waals surface area contributed by atoms with Crippen molar-refractivity contribution in [2.24, 2.45) is 0 Å². The van der Waals surface area contributed by atoms with Crippen LogP contribution >= 0.6 is 11.6 Å². The number of aromatic nitrogens is 1. The average molecular weight is 442 g/mol. The van der Waals surface area contributed by atoms with Crippen molar-refractivity contribution < 1.29 is 41.7 Å². The quantitative estimate of drug-likeness (QED) is 0.506. The Balaban J connectivity index is 0.00000242. The number of pyridine rings is 1. The van der Waals surface area contributed by atoms with Crippen molar-refractivity contribution >= 4 is 11.6 Å². The standard InChI is InChI=1S/C16H16ClF3N.HI/c1-3-11-9-21(4-2)10-14(15(11)17)12-6-5-7-13(8-12)16(18,19)20;/h5-10H,3-4H2,1-2H3;1H/q+1;/p-1. The van der Waals surface area contributed by atoms with Crippen molar-refractivity contribution in [3.63, 3.8) is 0 Å². The second-order valence-corrected chi connectivity index (χ2v) is 5.15. The predicted octanol–water partition coefficient (Wildman–Crippen LogP) is 1.90. The number of rotatable bonds is 3. The molecule has 0 amide bonds. The van der Waals surface area contributed by atoms with E-state index in [1.54, 1.807) is 12.3 Å². The van der Waals surface area contributed by atoms with Gasteiger partial charge in [-0.2, -0.15) is 13.2 Å². The number of hydrogen-bond acceptors (Lipinski definition) is 0. The molecule has 0 bridgehead atoms. The first-order valence-corrected chi connectivity index (χ1v) is 7.13. The van der Waals surface area contributed by atoms with Gasteiger partial charge in [0.25, 0.3) is 0 Å². The van der Waals surface area contributed by atoms with E-state index in [0.717, 1.165) is 30.7 Å². The highest BCUT2D eigenvalue weighted by Crippen LogP contribution is 2.34. The summed E-state index contributed by atoms with van der Waals surface area (Å²) in [6.45, 7) is 4.68. The van der Waals surface area contributed by atoms with Gasteiger partial charge in [0.05, 0.1) is 16.1 Å². The van der Waals surface area contributed by atoms with Crippen molar-refractivity contribution in [2.45, 2.75) is 33.0 Å². The molecule has 1 aromatic heterocycles. The topological polar surface area (TPSA) is 3.88 Å². The fraction of sp³-hybridized carbons (Fsp3) is 0.312. The molecule has 2 aromatic rings. The number of halogens is 5. The van der Waals surface area contributed by atoms with E-state index >= 15 is 0 Å². The summed E-state index contributed by atoms with van der Waals surface area (Å²) in [5.41, 5.74) is 1.37. The van der Waals surface area contributed by atoms with E-state index in [0.29, 0.717) is 16.1 Å². The lowest BCUT2D eigenvalue weighted by Gasteiger charge is -2.11. The van der Waals surface area contributed by atoms with Crippen LogP contribution < -0.4 is 28.5 Å².